The molecule has 0 saturated heterocycles. The molecular weight excluding hydrogens is 453 g/mol. The zero-order valence-corrected chi connectivity index (χ0v) is 18.1. The minimum atomic E-state index is -0.908. The van der Waals surface area contributed by atoms with Crippen molar-refractivity contribution in [1.82, 2.24) is 10.7 Å². The molecule has 6 nitrogen and oxygen atoms in total. The van der Waals surface area contributed by atoms with Crippen LogP contribution in [-0.4, -0.2) is 30.7 Å². The van der Waals surface area contributed by atoms with Crippen LogP contribution >= 0.6 is 15.9 Å². The number of ether oxygens (including phenoxy) is 1. The molecule has 0 radical (unpaired) electrons. The molecule has 156 valence electrons. The summed E-state index contributed by atoms with van der Waals surface area (Å²) in [5, 5.41) is 6.50. The molecule has 0 aliphatic rings. The van der Waals surface area contributed by atoms with Crippen LogP contribution in [0.3, 0.4) is 0 Å². The summed E-state index contributed by atoms with van der Waals surface area (Å²) in [6.07, 6.45) is 6.62. The van der Waals surface area contributed by atoms with Gasteiger partial charge in [-0.3, -0.25) is 9.59 Å². The van der Waals surface area contributed by atoms with Crippen molar-refractivity contribution in [3.05, 3.63) is 63.9 Å². The summed E-state index contributed by atoms with van der Waals surface area (Å²) in [6.45, 7) is 3.61. The van der Waals surface area contributed by atoms with E-state index in [0.717, 1.165) is 4.47 Å². The van der Waals surface area contributed by atoms with E-state index in [1.807, 2.05) is 0 Å². The zero-order valence-electron chi connectivity index (χ0n) is 16.5. The lowest BCUT2D eigenvalue weighted by molar-refractivity contribution is -0.123. The average Bonchev–Trinajstić information content (AvgIpc) is 2.71. The second-order valence-corrected chi connectivity index (χ2v) is 7.50. The molecule has 0 fully saturated rings. The number of carbonyl (C=O) groups excluding carboxylic acids is 2. The number of hydrazone groups is 1. The van der Waals surface area contributed by atoms with Gasteiger partial charge in [0.25, 0.3) is 11.8 Å². The Labute approximate surface area is 183 Å². The Bertz CT molecular complexity index is 986. The highest BCUT2D eigenvalue weighted by atomic mass is 79.9. The molecule has 0 heterocycles. The highest BCUT2D eigenvalue weighted by molar-refractivity contribution is 9.10. The number of benzene rings is 2. The fraction of sp³-hybridized carbons (Fsp3) is 0.227. The summed E-state index contributed by atoms with van der Waals surface area (Å²) in [6, 6.07) is 9.91. The van der Waals surface area contributed by atoms with Crippen LogP contribution in [0.25, 0.3) is 0 Å². The highest BCUT2D eigenvalue weighted by Gasteiger charge is 2.25. The third-order valence-electron chi connectivity index (χ3n) is 4.02. The molecule has 2 N–H and O–H groups in total. The Hall–Kier alpha value is -3.18. The van der Waals surface area contributed by atoms with Crippen LogP contribution in [0.4, 0.5) is 4.39 Å². The van der Waals surface area contributed by atoms with Crippen molar-refractivity contribution in [3.63, 3.8) is 0 Å². The van der Waals surface area contributed by atoms with Gasteiger partial charge in [0.2, 0.25) is 0 Å². The van der Waals surface area contributed by atoms with Crippen LogP contribution in [0.2, 0.25) is 0 Å². The van der Waals surface area contributed by atoms with Crippen molar-refractivity contribution >= 4 is 34.0 Å². The number of amides is 2. The fourth-order valence-electron chi connectivity index (χ4n) is 2.51. The van der Waals surface area contributed by atoms with E-state index in [9.17, 15) is 14.0 Å². The van der Waals surface area contributed by atoms with E-state index in [2.05, 4.69) is 37.7 Å². The van der Waals surface area contributed by atoms with Gasteiger partial charge in [-0.05, 0) is 36.2 Å². The normalized spacial score (nSPS) is 11.7. The molecule has 0 aromatic heterocycles. The summed E-state index contributed by atoms with van der Waals surface area (Å²) in [5.74, 6) is 0.754. The first-order chi connectivity index (χ1) is 14.3. The lowest BCUT2D eigenvalue weighted by atomic mass is 10.0. The van der Waals surface area contributed by atoms with Gasteiger partial charge in [0.05, 0.1) is 11.8 Å². The minimum absolute atomic E-state index is 0.0896. The van der Waals surface area contributed by atoms with Gasteiger partial charge in [0, 0.05) is 10.0 Å². The summed E-state index contributed by atoms with van der Waals surface area (Å²) in [5.41, 5.74) is 2.86. The molecule has 0 saturated carbocycles. The molecule has 0 aliphatic heterocycles. The molecule has 0 spiro atoms. The van der Waals surface area contributed by atoms with Gasteiger partial charge in [-0.25, -0.2) is 9.82 Å². The van der Waals surface area contributed by atoms with E-state index in [-0.39, 0.29) is 18.1 Å². The van der Waals surface area contributed by atoms with Crippen LogP contribution in [0.1, 0.15) is 29.8 Å². The van der Waals surface area contributed by atoms with E-state index in [1.165, 1.54) is 24.4 Å². The monoisotopic (exact) mass is 473 g/mol. The van der Waals surface area contributed by atoms with Gasteiger partial charge in [0.15, 0.2) is 0 Å². The van der Waals surface area contributed by atoms with E-state index in [1.54, 1.807) is 38.1 Å². The molecule has 8 heteroatoms. The SMILES string of the molecule is C#CCOc1ccc(Br)cc1/C=N/NC(=O)C(NC(=O)c1ccccc1F)C(C)C. The van der Waals surface area contributed by atoms with Gasteiger partial charge in [-0.15, -0.1) is 6.42 Å². The Morgan fingerprint density at radius 3 is 2.70 bits per heavy atom. The summed E-state index contributed by atoms with van der Waals surface area (Å²) >= 11 is 3.36. The number of nitrogens with one attached hydrogen (secondary N) is 2. The largest absolute Gasteiger partial charge is 0.480 e. The van der Waals surface area contributed by atoms with Gasteiger partial charge in [-0.1, -0.05) is 47.8 Å². The first-order valence-corrected chi connectivity index (χ1v) is 9.87. The van der Waals surface area contributed by atoms with Crippen molar-refractivity contribution in [2.75, 3.05) is 6.61 Å². The molecule has 2 aromatic rings. The van der Waals surface area contributed by atoms with Gasteiger partial charge in [-0.2, -0.15) is 5.10 Å². The quantitative estimate of drug-likeness (QED) is 0.349. The fourth-order valence-corrected chi connectivity index (χ4v) is 2.88. The molecule has 2 amide bonds. The maximum atomic E-state index is 13.8. The van der Waals surface area contributed by atoms with Crippen LogP contribution in [0.5, 0.6) is 5.75 Å². The topological polar surface area (TPSA) is 79.8 Å². The van der Waals surface area contributed by atoms with Crippen molar-refractivity contribution in [2.24, 2.45) is 11.0 Å². The zero-order chi connectivity index (χ0) is 22.1. The van der Waals surface area contributed by atoms with Crippen LogP contribution in [0, 0.1) is 24.1 Å². The van der Waals surface area contributed by atoms with Gasteiger partial charge >= 0.3 is 0 Å². The van der Waals surface area contributed by atoms with Crippen molar-refractivity contribution in [1.29, 1.82) is 0 Å². The number of terminal acetylenes is 1. The number of nitrogens with zero attached hydrogens (tertiary/aromatic N) is 1. The summed E-state index contributed by atoms with van der Waals surface area (Å²) in [7, 11) is 0. The second-order valence-electron chi connectivity index (χ2n) is 6.58. The molecule has 2 rings (SSSR count). The lowest BCUT2D eigenvalue weighted by Gasteiger charge is -2.20. The average molecular weight is 474 g/mol. The number of carbonyl (C=O) groups is 2. The van der Waals surface area contributed by atoms with E-state index in [0.29, 0.717) is 11.3 Å². The first kappa shape index (κ1) is 23.1. The van der Waals surface area contributed by atoms with Crippen molar-refractivity contribution in [2.45, 2.75) is 19.9 Å². The summed E-state index contributed by atoms with van der Waals surface area (Å²) < 4.78 is 20.1. The Kier molecular flexibility index (Phi) is 8.56. The smallest absolute Gasteiger partial charge is 0.262 e. The second kappa shape index (κ2) is 11.1. The predicted octanol–water partition coefficient (Wildman–Crippen LogP) is 3.50. The van der Waals surface area contributed by atoms with Crippen LogP contribution in [0.15, 0.2) is 52.0 Å². The van der Waals surface area contributed by atoms with Crippen LogP contribution in [-0.2, 0) is 4.79 Å². The Morgan fingerprint density at radius 2 is 2.03 bits per heavy atom. The summed E-state index contributed by atoms with van der Waals surface area (Å²) in [4.78, 5) is 24.9. The highest BCUT2D eigenvalue weighted by Crippen LogP contribution is 2.21. The maximum Gasteiger partial charge on any atom is 0.262 e. The number of halogens is 2. The first-order valence-electron chi connectivity index (χ1n) is 9.07. The number of hydrogen-bond donors (Lipinski definition) is 2. The van der Waals surface area contributed by atoms with E-state index in [4.69, 9.17) is 11.2 Å². The Morgan fingerprint density at radius 1 is 1.30 bits per heavy atom. The predicted molar refractivity (Wildman–Crippen MR) is 117 cm³/mol. The molecular formula is C22H21BrFN3O3. The maximum absolute atomic E-state index is 13.8. The molecule has 0 bridgehead atoms. The molecule has 1 atom stereocenters. The van der Waals surface area contributed by atoms with Crippen molar-refractivity contribution < 1.29 is 18.7 Å². The number of hydrogen-bond acceptors (Lipinski definition) is 4. The van der Waals surface area contributed by atoms with E-state index >= 15 is 0 Å². The van der Waals surface area contributed by atoms with Gasteiger partial charge < -0.3 is 10.1 Å². The molecule has 2 aromatic carbocycles. The lowest BCUT2D eigenvalue weighted by Crippen LogP contribution is -2.48. The van der Waals surface area contributed by atoms with Crippen LogP contribution < -0.4 is 15.5 Å². The minimum Gasteiger partial charge on any atom is -0.480 e. The Balaban J connectivity index is 2.09. The standard InChI is InChI=1S/C22H21BrFN3O3/c1-4-11-30-19-10-9-16(23)12-15(19)13-25-27-22(29)20(14(2)3)26-21(28)17-7-5-6-8-18(17)24/h1,5-10,12-14,20H,11H2,2-3H3,(H,26,28)(H,27,29)/b25-13+. The molecule has 0 aliphatic carbocycles. The molecule has 30 heavy (non-hydrogen) atoms. The van der Waals surface area contributed by atoms with Gasteiger partial charge in [0.1, 0.15) is 24.2 Å². The van der Waals surface area contributed by atoms with E-state index < -0.39 is 23.7 Å². The van der Waals surface area contributed by atoms with Crippen molar-refractivity contribution in [3.8, 4) is 18.1 Å². The molecule has 1 unspecified atom stereocenters. The third kappa shape index (κ3) is 6.42. The third-order valence-corrected chi connectivity index (χ3v) is 4.51. The number of rotatable bonds is 8.